The van der Waals surface area contributed by atoms with E-state index in [0.717, 1.165) is 80.9 Å². The minimum Gasteiger partial charge on any atom is -0.481 e. The van der Waals surface area contributed by atoms with Gasteiger partial charge in [0.1, 0.15) is 83.9 Å². The van der Waals surface area contributed by atoms with Gasteiger partial charge in [-0.2, -0.15) is 0 Å². The molecule has 0 spiro atoms. The molecule has 0 aliphatic heterocycles. The predicted octanol–water partition coefficient (Wildman–Crippen LogP) is 17.6. The van der Waals surface area contributed by atoms with E-state index in [1.165, 1.54) is 70.4 Å². The molecule has 0 aliphatic rings. The summed E-state index contributed by atoms with van der Waals surface area (Å²) in [5.41, 5.74) is 42.7. The third kappa shape index (κ3) is 30.0. The Kier molecular flexibility index (Phi) is 37.6. The largest absolute Gasteiger partial charge is 0.481 e. The number of ether oxygens (including phenoxy) is 1. The summed E-state index contributed by atoms with van der Waals surface area (Å²) in [6, 6.07) is 10.9. The molecule has 644 valence electrons. The maximum absolute atomic E-state index is 11.7. The number of halogens is 2. The Morgan fingerprint density at radius 1 is 0.352 bits per heavy atom. The molecular weight excluding hydrogens is 1880 g/mol. The molecule has 30 nitrogen and oxygen atoms in total. The van der Waals surface area contributed by atoms with Crippen molar-refractivity contribution in [2.24, 2.45) is 5.14 Å². The molecule has 0 aliphatic carbocycles. The van der Waals surface area contributed by atoms with Crippen LogP contribution in [0.5, 0.6) is 5.88 Å². The number of terminal acetylenes is 1. The van der Waals surface area contributed by atoms with Crippen molar-refractivity contribution in [3.05, 3.63) is 193 Å². The molecule has 0 fully saturated rings. The molecule has 0 saturated carbocycles. The van der Waals surface area contributed by atoms with Crippen molar-refractivity contribution in [1.29, 1.82) is 0 Å². The summed E-state index contributed by atoms with van der Waals surface area (Å²) in [5.74, 6) is 11.7. The fourth-order valence-electron chi connectivity index (χ4n) is 10.3. The van der Waals surface area contributed by atoms with Crippen molar-refractivity contribution in [2.75, 3.05) is 47.8 Å². The molecule has 0 aromatic carbocycles. The zero-order chi connectivity index (χ0) is 90.4. The fraction of sp³-hybridized carbons (Fsp3) is 0.317. The van der Waals surface area contributed by atoms with Crippen LogP contribution in [0.1, 0.15) is 193 Å². The number of primary sulfonamides is 1. The summed E-state index contributed by atoms with van der Waals surface area (Å²) in [6.45, 7) is 35.9. The van der Waals surface area contributed by atoms with Crippen LogP contribution in [0.4, 0.5) is 34.9 Å². The van der Waals surface area contributed by atoms with Crippen LogP contribution in [0.15, 0.2) is 184 Å². The molecule has 0 atom stereocenters. The number of nitrogens with zero attached hydrogens (tertiary/aromatic N) is 18. The summed E-state index contributed by atoms with van der Waals surface area (Å²) in [5, 5.41) is 5.02. The van der Waals surface area contributed by atoms with Crippen molar-refractivity contribution in [3.63, 3.8) is 0 Å². The number of sulfonamides is 1. The Morgan fingerprint density at radius 3 is 0.893 bits per heavy atom. The van der Waals surface area contributed by atoms with Crippen LogP contribution in [0.2, 0.25) is 0 Å². The second kappa shape index (κ2) is 45.9. The van der Waals surface area contributed by atoms with E-state index in [-0.39, 0.29) is 21.9 Å². The third-order valence-electron chi connectivity index (χ3n) is 16.7. The monoisotopic (exact) mass is 1980 g/mol. The van der Waals surface area contributed by atoms with Crippen LogP contribution in [0.25, 0.3) is 0 Å². The Bertz CT molecular complexity index is 5710. The van der Waals surface area contributed by atoms with E-state index < -0.39 is 19.9 Å². The van der Waals surface area contributed by atoms with Gasteiger partial charge in [0.05, 0.1) is 36.5 Å². The highest BCUT2D eigenvalue weighted by Gasteiger charge is 2.22. The number of methoxy groups -OCH3 is 1. The molecule has 12 aromatic heterocycles. The number of sulfone groups is 1. The number of hydrogen-bond donors (Lipinski definition) is 7. The SMILES string of the molecule is C#Cc1cc(Sc2cnc(C)nc2N)c(C(C)C)cn1.COc1cc(Sc2cnc(C)nc2N)c(C(C)C)cn1.Cc1ncc(Sc2cc(Br)ncc2C(C)C)c(N)n1.Cc1ncc(Sc2cc(I)ncc2C(C)C)c(N)n1.Cc1ncc(Sc2cc(S(C)(=O)=O)ncc2C(C)C)c(N)n1.Cc1ncc(Sc2cc(S(N)(=O)=O)ncc2C(C)C)c(N)n1. The standard InChI is InChI=1S/C15H16N4S.C14H18N4O2S2.C14H18N4OS.C13H15BrN4S.C13H15IN4S.C13H17N5O2S2/c1-5-11-6-13(12(7-18-11)9(2)3)20-14-8-17-10(4)19-15(14)16;1-8(2)10-6-17-13(22(4,19)20)5-11(10)21-12-7-16-9(3)18-14(12)15;1-8(2)10-6-17-13(19-4)5-11(10)20-12-7-16-9(3)18-14(12)15;2*1-7(2)9-5-17-12(14)4-10(9)19-11-6-16-8(3)18-13(11)15;1-7(2)9-5-17-12(22(15,19)20)4-10(9)21-11-6-16-8(3)18-13(11)14/h1,6-9H,2-4H3,(H2,16,17,19);5-8H,1-4H3,(H2,15,16,18);5-8H,1-4H3,(H2,15,16,18);2*4-7H,1-3H3,(H2,15,16,18);4-7H,1-3H3,(H2,14,16,18)(H2,15,19,20). The van der Waals surface area contributed by atoms with Crippen LogP contribution < -0.4 is 44.3 Å². The van der Waals surface area contributed by atoms with E-state index in [2.05, 4.69) is 196 Å². The first kappa shape index (κ1) is 99.8. The maximum atomic E-state index is 11.7. The molecule has 122 heavy (non-hydrogen) atoms. The van der Waals surface area contributed by atoms with Gasteiger partial charge in [-0.15, -0.1) is 6.42 Å². The molecule has 0 bridgehead atoms. The summed E-state index contributed by atoms with van der Waals surface area (Å²) in [6.07, 6.45) is 27.5. The van der Waals surface area contributed by atoms with Gasteiger partial charge >= 0.3 is 0 Å². The molecule has 12 heterocycles. The highest BCUT2D eigenvalue weighted by Crippen LogP contribution is 2.43. The second-order valence-corrected chi connectivity index (χ2v) is 40.5. The Morgan fingerprint density at radius 2 is 0.607 bits per heavy atom. The third-order valence-corrected chi connectivity index (χ3v) is 26.2. The highest BCUT2D eigenvalue weighted by atomic mass is 127. The van der Waals surface area contributed by atoms with Crippen LogP contribution in [0.3, 0.4) is 0 Å². The topological polar surface area (TPSA) is 492 Å². The zero-order valence-electron chi connectivity index (χ0n) is 71.1. The van der Waals surface area contributed by atoms with Crippen molar-refractivity contribution in [1.82, 2.24) is 89.7 Å². The minimum absolute atomic E-state index is 0.0472. The maximum Gasteiger partial charge on any atom is 0.255 e. The fourth-order valence-corrected chi connectivity index (χ4v) is 19.1. The van der Waals surface area contributed by atoms with Gasteiger partial charge in [-0.3, -0.25) is 0 Å². The van der Waals surface area contributed by atoms with E-state index in [0.29, 0.717) is 120 Å². The van der Waals surface area contributed by atoms with Gasteiger partial charge in [0.25, 0.3) is 10.0 Å². The van der Waals surface area contributed by atoms with Crippen LogP contribution in [-0.2, 0) is 19.9 Å². The van der Waals surface area contributed by atoms with E-state index in [1.807, 2.05) is 98.4 Å². The van der Waals surface area contributed by atoms with Crippen molar-refractivity contribution in [3.8, 4) is 18.2 Å². The van der Waals surface area contributed by atoms with Crippen LogP contribution in [0, 0.1) is 57.6 Å². The lowest BCUT2D eigenvalue weighted by Crippen LogP contribution is -2.14. The normalized spacial score (nSPS) is 11.2. The number of hydrogen-bond acceptors (Lipinski definition) is 35. The Labute approximate surface area is 761 Å². The lowest BCUT2D eigenvalue weighted by Gasteiger charge is -2.13. The highest BCUT2D eigenvalue weighted by molar-refractivity contribution is 14.1. The van der Waals surface area contributed by atoms with Gasteiger partial charge in [0, 0.05) is 116 Å². The van der Waals surface area contributed by atoms with E-state index in [9.17, 15) is 16.8 Å². The summed E-state index contributed by atoms with van der Waals surface area (Å²) in [4.78, 5) is 85.8. The lowest BCUT2D eigenvalue weighted by molar-refractivity contribution is 0.396. The predicted molar refractivity (Wildman–Crippen MR) is 501 cm³/mol. The average Bonchev–Trinajstić information content (AvgIpc) is 0.846. The van der Waals surface area contributed by atoms with Crippen molar-refractivity contribution in [2.45, 2.75) is 229 Å². The molecule has 40 heteroatoms. The number of aryl methyl sites for hydroxylation is 6. The van der Waals surface area contributed by atoms with Gasteiger partial charge in [-0.05, 0) is 179 Å². The molecular formula is C82H99BrIN25O5S8. The molecule has 14 N–H and O–H groups in total. The Balaban J connectivity index is 0.000000202. The van der Waals surface area contributed by atoms with Gasteiger partial charge in [0.15, 0.2) is 19.9 Å². The summed E-state index contributed by atoms with van der Waals surface area (Å²) < 4.78 is 53.4. The zero-order valence-corrected chi connectivity index (χ0v) is 81.4. The first-order chi connectivity index (χ1) is 57.3. The smallest absolute Gasteiger partial charge is 0.255 e. The quantitative estimate of drug-likeness (QED) is 0.0199. The molecule has 0 saturated heterocycles. The first-order valence-electron chi connectivity index (χ1n) is 37.5. The molecule has 0 amide bonds. The van der Waals surface area contributed by atoms with Gasteiger partial charge in [-0.25, -0.2) is 112 Å². The molecule has 12 aromatic rings. The Hall–Kier alpha value is -9.29. The average molecular weight is 1980 g/mol. The van der Waals surface area contributed by atoms with Crippen molar-refractivity contribution >= 4 is 164 Å². The number of aromatic nitrogens is 18. The van der Waals surface area contributed by atoms with Gasteiger partial charge in [-0.1, -0.05) is 160 Å². The van der Waals surface area contributed by atoms with Crippen LogP contribution in [-0.4, -0.2) is 120 Å². The summed E-state index contributed by atoms with van der Waals surface area (Å²) in [7, 11) is -5.62. The van der Waals surface area contributed by atoms with E-state index >= 15 is 0 Å². The number of anilines is 6. The van der Waals surface area contributed by atoms with Gasteiger partial charge < -0.3 is 39.1 Å². The lowest BCUT2D eigenvalue weighted by atomic mass is 10.1. The number of pyridine rings is 6. The van der Waals surface area contributed by atoms with E-state index in [1.54, 1.807) is 93.9 Å². The van der Waals surface area contributed by atoms with E-state index in [4.69, 9.17) is 50.7 Å². The minimum atomic E-state index is -3.86. The first-order valence-corrected chi connectivity index (χ1v) is 47.7. The van der Waals surface area contributed by atoms with Crippen molar-refractivity contribution < 1.29 is 21.6 Å². The molecule has 0 radical (unpaired) electrons. The number of nitrogens with two attached hydrogens (primary N) is 7. The van der Waals surface area contributed by atoms with Crippen LogP contribution >= 0.6 is 109 Å². The summed E-state index contributed by atoms with van der Waals surface area (Å²) >= 11 is 14.5. The number of nitrogen functional groups attached to an aromatic ring is 6. The number of rotatable bonds is 21. The van der Waals surface area contributed by atoms with Gasteiger partial charge in [0.2, 0.25) is 5.88 Å². The second-order valence-electron chi connectivity index (χ2n) is 28.6. The molecule has 0 unspecified atom stereocenters. The molecule has 12 rings (SSSR count).